The van der Waals surface area contributed by atoms with Gasteiger partial charge in [0.15, 0.2) is 5.11 Å². The average Bonchev–Trinajstić information content (AvgIpc) is 2.46. The molecule has 1 amide bonds. The zero-order valence-electron chi connectivity index (χ0n) is 12.3. The fourth-order valence-corrected chi connectivity index (χ4v) is 2.59. The highest BCUT2D eigenvalue weighted by Crippen LogP contribution is 2.14. The zero-order chi connectivity index (χ0) is 16.3. The monoisotopic (exact) mass is 323 g/mol. The number of ether oxygens (including phenoxy) is 1. The van der Waals surface area contributed by atoms with Gasteiger partial charge in [-0.05, 0) is 32.1 Å². The number of amides is 1. The second-order valence-electron chi connectivity index (χ2n) is 5.23. The fraction of sp³-hybridized carbons (Fsp3) is 0.429. The minimum atomic E-state index is -0.541. The lowest BCUT2D eigenvalue weighted by Gasteiger charge is -2.36. The van der Waals surface area contributed by atoms with Gasteiger partial charge in [0.05, 0.1) is 17.1 Å². The lowest BCUT2D eigenvalue weighted by molar-refractivity contribution is -0.384. The second-order valence-corrected chi connectivity index (χ2v) is 5.62. The summed E-state index contributed by atoms with van der Waals surface area (Å²) in [5.74, 6) is -0.458. The number of hydrogen-bond donors (Lipinski definition) is 1. The van der Waals surface area contributed by atoms with Crippen molar-refractivity contribution in [2.75, 3.05) is 13.1 Å². The van der Waals surface area contributed by atoms with Crippen LogP contribution in [0.2, 0.25) is 0 Å². The molecule has 2 atom stereocenters. The van der Waals surface area contributed by atoms with Crippen molar-refractivity contribution in [3.8, 4) is 0 Å². The van der Waals surface area contributed by atoms with Crippen LogP contribution in [-0.2, 0) is 4.74 Å². The molecule has 0 saturated carbocycles. The minimum absolute atomic E-state index is 0.0245. The molecule has 7 nitrogen and oxygen atoms in total. The molecule has 1 fully saturated rings. The van der Waals surface area contributed by atoms with Gasteiger partial charge in [-0.15, -0.1) is 0 Å². The van der Waals surface area contributed by atoms with Crippen molar-refractivity contribution in [2.45, 2.75) is 26.1 Å². The summed E-state index contributed by atoms with van der Waals surface area (Å²) in [6, 6.07) is 5.54. The van der Waals surface area contributed by atoms with E-state index in [9.17, 15) is 14.9 Å². The lowest BCUT2D eigenvalue weighted by Crippen LogP contribution is -2.52. The first-order valence-electron chi connectivity index (χ1n) is 6.87. The van der Waals surface area contributed by atoms with E-state index in [2.05, 4.69) is 5.32 Å². The third kappa shape index (κ3) is 3.99. The van der Waals surface area contributed by atoms with Crippen LogP contribution in [0, 0.1) is 10.1 Å². The number of nitro groups is 1. The summed E-state index contributed by atoms with van der Waals surface area (Å²) in [7, 11) is 0. The third-order valence-corrected chi connectivity index (χ3v) is 3.61. The molecule has 8 heteroatoms. The van der Waals surface area contributed by atoms with E-state index in [1.165, 1.54) is 24.3 Å². The minimum Gasteiger partial charge on any atom is -0.372 e. The molecule has 1 aromatic rings. The van der Waals surface area contributed by atoms with Crippen LogP contribution < -0.4 is 5.32 Å². The topological polar surface area (TPSA) is 84.7 Å². The molecule has 1 heterocycles. The average molecular weight is 323 g/mol. The van der Waals surface area contributed by atoms with Gasteiger partial charge in [0.1, 0.15) is 0 Å². The molecule has 1 aromatic carbocycles. The Bertz CT molecular complexity index is 598. The Balaban J connectivity index is 2.03. The van der Waals surface area contributed by atoms with E-state index >= 15 is 0 Å². The van der Waals surface area contributed by atoms with Crippen LogP contribution in [0.15, 0.2) is 24.3 Å². The van der Waals surface area contributed by atoms with Gasteiger partial charge in [-0.1, -0.05) is 6.07 Å². The maximum Gasteiger partial charge on any atom is 0.270 e. The maximum atomic E-state index is 12.2. The smallest absolute Gasteiger partial charge is 0.270 e. The number of nitrogens with one attached hydrogen (secondary N) is 1. The number of carbonyl (C=O) groups excluding carboxylic acids is 1. The Kier molecular flexibility index (Phi) is 5.04. The highest BCUT2D eigenvalue weighted by Gasteiger charge is 2.25. The normalized spacial score (nSPS) is 21.3. The van der Waals surface area contributed by atoms with Crippen molar-refractivity contribution in [3.63, 3.8) is 0 Å². The van der Waals surface area contributed by atoms with Gasteiger partial charge in [-0.3, -0.25) is 20.2 Å². The number of benzene rings is 1. The molecule has 1 aliphatic heterocycles. The van der Waals surface area contributed by atoms with Crippen LogP contribution in [0.1, 0.15) is 24.2 Å². The van der Waals surface area contributed by atoms with Crippen LogP contribution in [0.5, 0.6) is 0 Å². The molecular formula is C14H17N3O4S. The van der Waals surface area contributed by atoms with Gasteiger partial charge < -0.3 is 9.64 Å². The summed E-state index contributed by atoms with van der Waals surface area (Å²) in [5, 5.41) is 13.7. The largest absolute Gasteiger partial charge is 0.372 e. The van der Waals surface area contributed by atoms with Gasteiger partial charge >= 0.3 is 0 Å². The Labute approximate surface area is 133 Å². The number of thiocarbonyl (C=S) groups is 1. The molecule has 1 saturated heterocycles. The van der Waals surface area contributed by atoms with Gasteiger partial charge in [-0.2, -0.15) is 0 Å². The number of carbonyl (C=O) groups is 1. The first-order valence-corrected chi connectivity index (χ1v) is 7.28. The van der Waals surface area contributed by atoms with E-state index in [0.29, 0.717) is 18.2 Å². The number of morpholine rings is 1. The Morgan fingerprint density at radius 3 is 2.64 bits per heavy atom. The summed E-state index contributed by atoms with van der Waals surface area (Å²) in [6.45, 7) is 5.07. The standard InChI is InChI=1S/C14H17N3O4S/c1-9-7-16(8-10(2)21-9)14(22)15-13(18)11-4-3-5-12(6-11)17(19)20/h3-6,9-10H,7-8H2,1-2H3,(H,15,18,22)/t9-,10+. The maximum absolute atomic E-state index is 12.2. The quantitative estimate of drug-likeness (QED) is 0.507. The van der Waals surface area contributed by atoms with Crippen LogP contribution in [0.4, 0.5) is 5.69 Å². The van der Waals surface area contributed by atoms with Crippen LogP contribution in [0.25, 0.3) is 0 Å². The van der Waals surface area contributed by atoms with Crippen molar-refractivity contribution in [3.05, 3.63) is 39.9 Å². The molecule has 0 bridgehead atoms. The highest BCUT2D eigenvalue weighted by atomic mass is 32.1. The Morgan fingerprint density at radius 2 is 2.05 bits per heavy atom. The lowest BCUT2D eigenvalue weighted by atomic mass is 10.2. The summed E-state index contributed by atoms with van der Waals surface area (Å²) < 4.78 is 5.61. The molecule has 2 rings (SSSR count). The predicted molar refractivity (Wildman–Crippen MR) is 84.7 cm³/mol. The van der Waals surface area contributed by atoms with E-state index in [4.69, 9.17) is 17.0 Å². The number of nitro benzene ring substituents is 1. The van der Waals surface area contributed by atoms with Gasteiger partial charge in [0.25, 0.3) is 11.6 Å². The second kappa shape index (κ2) is 6.80. The van der Waals surface area contributed by atoms with E-state index in [1.54, 1.807) is 0 Å². The molecule has 1 N–H and O–H groups in total. The third-order valence-electron chi connectivity index (χ3n) is 3.25. The van der Waals surface area contributed by atoms with Crippen molar-refractivity contribution in [1.29, 1.82) is 0 Å². The van der Waals surface area contributed by atoms with Crippen molar-refractivity contribution >= 4 is 28.9 Å². The van der Waals surface area contributed by atoms with E-state index < -0.39 is 10.8 Å². The molecule has 1 aliphatic rings. The Morgan fingerprint density at radius 1 is 1.41 bits per heavy atom. The summed E-state index contributed by atoms with van der Waals surface area (Å²) >= 11 is 5.25. The molecule has 0 spiro atoms. The molecule has 0 aromatic heterocycles. The van der Waals surface area contributed by atoms with Gasteiger partial charge in [0, 0.05) is 30.8 Å². The molecule has 0 aliphatic carbocycles. The van der Waals surface area contributed by atoms with Crippen molar-refractivity contribution in [1.82, 2.24) is 10.2 Å². The molecule has 0 unspecified atom stereocenters. The highest BCUT2D eigenvalue weighted by molar-refractivity contribution is 7.80. The van der Waals surface area contributed by atoms with E-state index in [-0.39, 0.29) is 23.5 Å². The van der Waals surface area contributed by atoms with E-state index in [0.717, 1.165) is 0 Å². The van der Waals surface area contributed by atoms with Gasteiger partial charge in [0.2, 0.25) is 0 Å². The SMILES string of the molecule is C[C@@H]1CN(C(=S)NC(=O)c2cccc([N+](=O)[O-])c2)C[C@H](C)O1. The first-order chi connectivity index (χ1) is 10.4. The number of nitrogens with zero attached hydrogens (tertiary/aromatic N) is 2. The fourth-order valence-electron chi connectivity index (χ4n) is 2.35. The van der Waals surface area contributed by atoms with Crippen LogP contribution >= 0.6 is 12.2 Å². The van der Waals surface area contributed by atoms with Crippen LogP contribution in [0.3, 0.4) is 0 Å². The number of hydrogen-bond acceptors (Lipinski definition) is 5. The number of non-ortho nitro benzene ring substituents is 1. The first kappa shape index (κ1) is 16.3. The molecule has 0 radical (unpaired) electrons. The Hall–Kier alpha value is -2.06. The summed E-state index contributed by atoms with van der Waals surface area (Å²) in [4.78, 5) is 24.2. The molecule has 118 valence electrons. The summed E-state index contributed by atoms with van der Waals surface area (Å²) in [6.07, 6.45) is 0.0489. The van der Waals surface area contributed by atoms with E-state index in [1.807, 2.05) is 18.7 Å². The molecular weight excluding hydrogens is 306 g/mol. The van der Waals surface area contributed by atoms with Crippen molar-refractivity contribution in [2.24, 2.45) is 0 Å². The predicted octanol–water partition coefficient (Wildman–Crippen LogP) is 1.72. The zero-order valence-corrected chi connectivity index (χ0v) is 13.1. The van der Waals surface area contributed by atoms with Gasteiger partial charge in [-0.25, -0.2) is 0 Å². The summed E-state index contributed by atoms with van der Waals surface area (Å²) in [5.41, 5.74) is 0.0677. The number of rotatable bonds is 2. The molecule has 22 heavy (non-hydrogen) atoms. The van der Waals surface area contributed by atoms with Crippen LogP contribution in [-0.4, -0.2) is 46.1 Å². The van der Waals surface area contributed by atoms with Crippen molar-refractivity contribution < 1.29 is 14.5 Å².